The van der Waals surface area contributed by atoms with E-state index in [2.05, 4.69) is 81.8 Å². The van der Waals surface area contributed by atoms with Crippen molar-refractivity contribution in [2.75, 3.05) is 6.54 Å². The number of nitrogens with two attached hydrogens (primary N) is 3. The van der Waals surface area contributed by atoms with Gasteiger partial charge in [0, 0.05) is 6.54 Å². The van der Waals surface area contributed by atoms with Gasteiger partial charge >= 0.3 is 0 Å². The maximum absolute atomic E-state index is 11.1. The van der Waals surface area contributed by atoms with Gasteiger partial charge in [-0.3, -0.25) is 19.4 Å². The Hall–Kier alpha value is -4.08. The Morgan fingerprint density at radius 3 is 1.96 bits per heavy atom. The van der Waals surface area contributed by atoms with Gasteiger partial charge in [0.25, 0.3) is 0 Å². The Balaban J connectivity index is -0.000000610. The average Bonchev–Trinajstić information content (AvgIpc) is 3.08. The van der Waals surface area contributed by atoms with Gasteiger partial charge in [-0.1, -0.05) is 142 Å². The molecule has 0 saturated heterocycles. The van der Waals surface area contributed by atoms with E-state index in [-0.39, 0.29) is 11.7 Å². The third-order valence-electron chi connectivity index (χ3n) is 7.65. The number of carbonyl (C=O) groups excluding carboxylic acids is 3. The largest absolute Gasteiger partial charge is 0.380 e. The summed E-state index contributed by atoms with van der Waals surface area (Å²) in [5.74, 6) is 1.33. The zero-order valence-corrected chi connectivity index (χ0v) is 33.2. The second kappa shape index (κ2) is 37.2. The number of unbranched alkanes of at least 4 members (excludes halogenated alkanes) is 3. The minimum absolute atomic E-state index is 0.0269. The molecule has 10 heteroatoms. The molecule has 1 rings (SSSR count). The van der Waals surface area contributed by atoms with Crippen LogP contribution in [-0.2, 0) is 20.8 Å². The van der Waals surface area contributed by atoms with E-state index < -0.39 is 18.0 Å². The number of primary amides is 1. The highest BCUT2D eigenvalue weighted by Gasteiger charge is 2.13. The third kappa shape index (κ3) is 37.0. The van der Waals surface area contributed by atoms with Crippen LogP contribution in [0, 0.1) is 11.8 Å². The van der Waals surface area contributed by atoms with Gasteiger partial charge in [0.05, 0.1) is 6.04 Å². The number of guanidine groups is 1. The lowest BCUT2D eigenvalue weighted by Crippen LogP contribution is -2.38. The lowest BCUT2D eigenvalue weighted by Gasteiger charge is -2.12. The summed E-state index contributed by atoms with van der Waals surface area (Å²) in [7, 11) is 0. The predicted octanol–water partition coefficient (Wildman–Crippen LogP) is 7.40. The van der Waals surface area contributed by atoms with E-state index in [1.807, 2.05) is 30.3 Å². The summed E-state index contributed by atoms with van der Waals surface area (Å²) < 4.78 is 0. The second-order valence-corrected chi connectivity index (χ2v) is 13.2. The van der Waals surface area contributed by atoms with Gasteiger partial charge in [-0.05, 0) is 75.0 Å². The van der Waals surface area contributed by atoms with E-state index in [9.17, 15) is 14.4 Å². The number of carbonyl (C=O) groups is 3. The fourth-order valence-corrected chi connectivity index (χ4v) is 4.96. The average molecular weight is 714 g/mol. The summed E-state index contributed by atoms with van der Waals surface area (Å²) in [6.45, 7) is 22.7. The van der Waals surface area contributed by atoms with Crippen LogP contribution in [0.5, 0.6) is 0 Å². The normalized spacial score (nSPS) is 12.0. The van der Waals surface area contributed by atoms with E-state index in [1.165, 1.54) is 82.9 Å². The summed E-state index contributed by atoms with van der Waals surface area (Å²) in [4.78, 5) is 36.0. The molecule has 0 aliphatic rings. The van der Waals surface area contributed by atoms with Crippen LogP contribution in [-0.4, -0.2) is 42.7 Å². The fraction of sp³-hybridized carbons (Fsp3) is 0.610. The highest BCUT2D eigenvalue weighted by molar-refractivity contribution is 5.83. The van der Waals surface area contributed by atoms with Crippen molar-refractivity contribution in [1.82, 2.24) is 16.0 Å². The van der Waals surface area contributed by atoms with E-state index in [1.54, 1.807) is 6.20 Å². The van der Waals surface area contributed by atoms with Crippen molar-refractivity contribution in [1.29, 1.82) is 0 Å². The molecule has 9 N–H and O–H groups in total. The van der Waals surface area contributed by atoms with Gasteiger partial charge < -0.3 is 33.2 Å². The number of rotatable bonds is 25. The number of amides is 2. The minimum Gasteiger partial charge on any atom is -0.380 e. The monoisotopic (exact) mass is 714 g/mol. The first-order valence-corrected chi connectivity index (χ1v) is 18.8. The highest BCUT2D eigenvalue weighted by Crippen LogP contribution is 2.19. The zero-order chi connectivity index (χ0) is 39.3. The van der Waals surface area contributed by atoms with Gasteiger partial charge in [-0.2, -0.15) is 0 Å². The van der Waals surface area contributed by atoms with Crippen LogP contribution < -0.4 is 33.2 Å². The van der Waals surface area contributed by atoms with Crippen LogP contribution in [0.3, 0.4) is 0 Å². The number of aliphatic imine (C=N–C) groups is 1. The van der Waals surface area contributed by atoms with Crippen LogP contribution in [0.1, 0.15) is 131 Å². The van der Waals surface area contributed by atoms with Crippen LogP contribution >= 0.6 is 0 Å². The molecule has 0 spiro atoms. The van der Waals surface area contributed by atoms with Crippen molar-refractivity contribution in [2.24, 2.45) is 34.0 Å². The molecule has 3 unspecified atom stereocenters. The molecule has 10 nitrogen and oxygen atoms in total. The van der Waals surface area contributed by atoms with Crippen molar-refractivity contribution < 1.29 is 14.4 Å². The summed E-state index contributed by atoms with van der Waals surface area (Å²) in [6, 6.07) is 8.79. The zero-order valence-electron chi connectivity index (χ0n) is 33.2. The number of hydrogen-bond donors (Lipinski definition) is 6. The van der Waals surface area contributed by atoms with Gasteiger partial charge in [-0.15, -0.1) is 0 Å². The van der Waals surface area contributed by atoms with Crippen LogP contribution in [0.2, 0.25) is 0 Å². The van der Waals surface area contributed by atoms with Gasteiger partial charge in [0.15, 0.2) is 11.7 Å². The molecule has 292 valence electrons. The van der Waals surface area contributed by atoms with Crippen molar-refractivity contribution in [3.63, 3.8) is 0 Å². The first-order valence-electron chi connectivity index (χ1n) is 18.8. The quantitative estimate of drug-likeness (QED) is 0.0265. The van der Waals surface area contributed by atoms with Gasteiger partial charge in [0.1, 0.15) is 6.04 Å². The number of nitrogens with zero attached hydrogens (tertiary/aromatic N) is 1. The van der Waals surface area contributed by atoms with Crippen molar-refractivity contribution >= 4 is 24.1 Å². The fourth-order valence-electron chi connectivity index (χ4n) is 4.96. The summed E-state index contributed by atoms with van der Waals surface area (Å²) in [6.07, 6.45) is 21.0. The van der Waals surface area contributed by atoms with Crippen LogP contribution in [0.15, 0.2) is 72.7 Å². The molecule has 0 saturated carbocycles. The second-order valence-electron chi connectivity index (χ2n) is 13.2. The number of nitrogens with one attached hydrogen (secondary N) is 3. The lowest BCUT2D eigenvalue weighted by molar-refractivity contribution is -0.121. The smallest absolute Gasteiger partial charge is 0.239 e. The molecule has 1 aromatic carbocycles. The molecule has 0 aromatic heterocycles. The third-order valence-corrected chi connectivity index (χ3v) is 7.65. The number of hydrogen-bond acceptors (Lipinski definition) is 6. The van der Waals surface area contributed by atoms with E-state index in [0.717, 1.165) is 17.4 Å². The molecular weight excluding hydrogens is 638 g/mol. The van der Waals surface area contributed by atoms with Crippen molar-refractivity contribution in [3.8, 4) is 0 Å². The SMILES string of the molecule is C=CN/C=C(\CCC)CC(C)CCC.C=CNC(CCCN=C(N)N)C(N)=O.CC(=O)C(Cc1ccccc1)NC=O.CCCCCCC(C)C. The number of benzene rings is 1. The molecule has 1 aromatic rings. The summed E-state index contributed by atoms with van der Waals surface area (Å²) in [5, 5.41) is 8.33. The first kappa shape index (κ1) is 51.3. The van der Waals surface area contributed by atoms with Gasteiger partial charge in [0.2, 0.25) is 12.3 Å². The van der Waals surface area contributed by atoms with Crippen LogP contribution in [0.4, 0.5) is 0 Å². The lowest BCUT2D eigenvalue weighted by atomic mass is 9.95. The summed E-state index contributed by atoms with van der Waals surface area (Å²) >= 11 is 0. The molecular formula is C41H75N7O3. The van der Waals surface area contributed by atoms with Crippen LogP contribution in [0.25, 0.3) is 0 Å². The maximum Gasteiger partial charge on any atom is 0.239 e. The van der Waals surface area contributed by atoms with E-state index in [4.69, 9.17) is 17.2 Å². The summed E-state index contributed by atoms with van der Waals surface area (Å²) in [5.41, 5.74) is 18.0. The molecule has 2 amide bonds. The molecule has 0 bridgehead atoms. The molecule has 0 fully saturated rings. The molecule has 3 atom stereocenters. The molecule has 0 heterocycles. The minimum atomic E-state index is -0.408. The molecule has 0 radical (unpaired) electrons. The number of Topliss-reactive ketones (excluding diaryl/α,β-unsaturated/α-hetero) is 1. The first-order chi connectivity index (χ1) is 24.3. The predicted molar refractivity (Wildman–Crippen MR) is 219 cm³/mol. The van der Waals surface area contributed by atoms with Crippen molar-refractivity contribution in [2.45, 2.75) is 144 Å². The van der Waals surface area contributed by atoms with E-state index in [0.29, 0.717) is 32.2 Å². The van der Waals surface area contributed by atoms with Crippen molar-refractivity contribution in [3.05, 3.63) is 73.2 Å². The van der Waals surface area contributed by atoms with Gasteiger partial charge in [-0.25, -0.2) is 0 Å². The Kier molecular flexibility index (Phi) is 37.4. The molecule has 0 aliphatic carbocycles. The molecule has 51 heavy (non-hydrogen) atoms. The number of ketones is 1. The Morgan fingerprint density at radius 1 is 0.824 bits per heavy atom. The Bertz CT molecular complexity index is 1070. The number of allylic oxidation sites excluding steroid dienone is 1. The Morgan fingerprint density at radius 2 is 1.49 bits per heavy atom. The topological polar surface area (TPSA) is 178 Å². The molecule has 0 aliphatic heterocycles. The maximum atomic E-state index is 11.1. The Labute approximate surface area is 311 Å². The van der Waals surface area contributed by atoms with E-state index >= 15 is 0 Å². The standard InChI is InChI=1S/C13H25N.C11H13NO2.C9H20.C8H17N5O/c1-5-8-12(4)10-13(9-6-2)11-14-7-3;1-9(14)11(12-8-13)7-10-5-3-2-4-6-10;1-4-5-6-7-8-9(2)3;1-2-12-6(7(9)14)4-3-5-13-8(10)11/h7,11-12,14H,3,5-6,8-10H2,1-2,4H3;2-6,8,11H,7H2,1H3,(H,12,13);9H,4-8H2,1-3H3;2,6,12H,1,3-5H2,(H2,9,14)(H4,10,11,13)/b13-11+;;;. The highest BCUT2D eigenvalue weighted by atomic mass is 16.1.